The van der Waals surface area contributed by atoms with Crippen molar-refractivity contribution in [1.29, 1.82) is 0 Å². The van der Waals surface area contributed by atoms with Crippen LogP contribution in [0.1, 0.15) is 6.92 Å². The van der Waals surface area contributed by atoms with Gasteiger partial charge in [0.15, 0.2) is 4.34 Å². The maximum atomic E-state index is 5.86. The predicted octanol–water partition coefficient (Wildman–Crippen LogP) is 3.68. The van der Waals surface area contributed by atoms with E-state index in [0.29, 0.717) is 11.8 Å². The molecule has 3 aromatic rings. The minimum absolute atomic E-state index is 0.118. The number of hydrogen-bond acceptors (Lipinski definition) is 7. The molecule has 8 heteroatoms. The van der Waals surface area contributed by atoms with E-state index in [-0.39, 0.29) is 11.3 Å². The van der Waals surface area contributed by atoms with Crippen LogP contribution in [-0.4, -0.2) is 26.5 Å². The molecule has 0 saturated carbocycles. The molecule has 0 radical (unpaired) electrons. The van der Waals surface area contributed by atoms with Crippen LogP contribution in [0.3, 0.4) is 0 Å². The largest absolute Gasteiger partial charge is 0.464 e. The number of rotatable bonds is 4. The Hall–Kier alpha value is -1.44. The fourth-order valence-electron chi connectivity index (χ4n) is 1.53. The summed E-state index contributed by atoms with van der Waals surface area (Å²) in [4.78, 5) is 16.7. The van der Waals surface area contributed by atoms with Crippen molar-refractivity contribution in [2.24, 2.45) is 0 Å². The molecule has 3 rings (SSSR count). The normalized spacial score (nSPS) is 10.9. The highest BCUT2D eigenvalue weighted by Gasteiger charge is 2.10. The molecular formula is C12H9ClN4OS2. The van der Waals surface area contributed by atoms with Crippen LogP contribution in [0.2, 0.25) is 5.28 Å². The smallest absolute Gasteiger partial charge is 0.321 e. The van der Waals surface area contributed by atoms with Crippen LogP contribution in [0, 0.1) is 0 Å². The number of halogens is 1. The zero-order valence-corrected chi connectivity index (χ0v) is 12.8. The number of para-hydroxylation sites is 1. The Bertz CT molecular complexity index is 716. The quantitative estimate of drug-likeness (QED) is 0.729. The third-order valence-electron chi connectivity index (χ3n) is 2.29. The SMILES string of the molecule is CCOc1nc(Cl)nc(Sc2nc3ccccc3s2)n1. The second-order valence-electron chi connectivity index (χ2n) is 3.65. The van der Waals surface area contributed by atoms with Crippen LogP contribution >= 0.6 is 34.7 Å². The minimum Gasteiger partial charge on any atom is -0.464 e. The van der Waals surface area contributed by atoms with E-state index in [1.54, 1.807) is 11.3 Å². The van der Waals surface area contributed by atoms with Gasteiger partial charge >= 0.3 is 6.01 Å². The molecule has 0 spiro atoms. The number of fused-ring (bicyclic) bond motifs is 1. The molecule has 0 aliphatic heterocycles. The lowest BCUT2D eigenvalue weighted by Crippen LogP contribution is -2.00. The van der Waals surface area contributed by atoms with Gasteiger partial charge < -0.3 is 4.74 Å². The van der Waals surface area contributed by atoms with E-state index < -0.39 is 0 Å². The highest BCUT2D eigenvalue weighted by Crippen LogP contribution is 2.33. The van der Waals surface area contributed by atoms with Crippen LogP contribution in [0.4, 0.5) is 0 Å². The fraction of sp³-hybridized carbons (Fsp3) is 0.167. The van der Waals surface area contributed by atoms with E-state index in [4.69, 9.17) is 16.3 Å². The molecule has 0 aliphatic rings. The van der Waals surface area contributed by atoms with Crippen LogP contribution in [-0.2, 0) is 0 Å². The number of hydrogen-bond donors (Lipinski definition) is 0. The van der Waals surface area contributed by atoms with E-state index in [0.717, 1.165) is 14.6 Å². The van der Waals surface area contributed by atoms with Crippen LogP contribution < -0.4 is 4.74 Å². The molecular weight excluding hydrogens is 316 g/mol. The number of nitrogens with zero attached hydrogens (tertiary/aromatic N) is 4. The van der Waals surface area contributed by atoms with Crippen LogP contribution in [0.25, 0.3) is 10.2 Å². The molecule has 0 aliphatic carbocycles. The molecule has 20 heavy (non-hydrogen) atoms. The van der Waals surface area contributed by atoms with Gasteiger partial charge in [-0.05, 0) is 42.4 Å². The summed E-state index contributed by atoms with van der Waals surface area (Å²) in [5.74, 6) is 0. The van der Waals surface area contributed by atoms with Gasteiger partial charge in [0.05, 0.1) is 16.8 Å². The van der Waals surface area contributed by atoms with E-state index in [1.807, 2.05) is 31.2 Å². The third kappa shape index (κ3) is 3.00. The summed E-state index contributed by atoms with van der Waals surface area (Å²) in [7, 11) is 0. The molecule has 0 amide bonds. The van der Waals surface area contributed by atoms with Gasteiger partial charge in [-0.25, -0.2) is 4.98 Å². The van der Waals surface area contributed by atoms with Crippen molar-refractivity contribution < 1.29 is 4.74 Å². The molecule has 2 heterocycles. The van der Waals surface area contributed by atoms with E-state index in [1.165, 1.54) is 11.8 Å². The van der Waals surface area contributed by atoms with Gasteiger partial charge in [-0.3, -0.25) is 0 Å². The first-order chi connectivity index (χ1) is 9.74. The average molecular weight is 325 g/mol. The Morgan fingerprint density at radius 1 is 1.20 bits per heavy atom. The summed E-state index contributed by atoms with van der Waals surface area (Å²) in [5, 5.41) is 0.597. The standard InChI is InChI=1S/C12H9ClN4OS2/c1-2-18-10-15-9(13)16-11(17-10)20-12-14-7-5-3-4-6-8(7)19-12/h3-6H,2H2,1H3. The molecule has 102 valence electrons. The van der Waals surface area contributed by atoms with Crippen molar-refractivity contribution in [3.05, 3.63) is 29.5 Å². The van der Waals surface area contributed by atoms with E-state index >= 15 is 0 Å². The second kappa shape index (κ2) is 5.90. The summed E-state index contributed by atoms with van der Waals surface area (Å²) in [6.07, 6.45) is 0. The maximum absolute atomic E-state index is 5.86. The lowest BCUT2D eigenvalue weighted by atomic mass is 10.3. The number of benzene rings is 1. The van der Waals surface area contributed by atoms with E-state index in [9.17, 15) is 0 Å². The first-order valence-corrected chi connectivity index (χ1v) is 7.83. The van der Waals surface area contributed by atoms with Crippen molar-refractivity contribution >= 4 is 44.9 Å². The van der Waals surface area contributed by atoms with Gasteiger partial charge in [0.2, 0.25) is 10.4 Å². The zero-order chi connectivity index (χ0) is 13.9. The molecule has 0 atom stereocenters. The molecule has 0 saturated heterocycles. The molecule has 1 aromatic carbocycles. The molecule has 5 nitrogen and oxygen atoms in total. The molecule has 0 fully saturated rings. The first-order valence-electron chi connectivity index (χ1n) is 5.82. The number of aromatic nitrogens is 4. The Morgan fingerprint density at radius 3 is 2.85 bits per heavy atom. The minimum atomic E-state index is 0.118. The predicted molar refractivity (Wildman–Crippen MR) is 79.7 cm³/mol. The van der Waals surface area contributed by atoms with Crippen molar-refractivity contribution in [2.45, 2.75) is 16.4 Å². The Balaban J connectivity index is 1.90. The second-order valence-corrected chi connectivity index (χ2v) is 6.24. The van der Waals surface area contributed by atoms with E-state index in [2.05, 4.69) is 19.9 Å². The Kier molecular flexibility index (Phi) is 4.00. The topological polar surface area (TPSA) is 60.8 Å². The average Bonchev–Trinajstić information content (AvgIpc) is 2.80. The van der Waals surface area contributed by atoms with Crippen LogP contribution in [0.5, 0.6) is 6.01 Å². The van der Waals surface area contributed by atoms with Gasteiger partial charge in [0, 0.05) is 0 Å². The summed E-state index contributed by atoms with van der Waals surface area (Å²) in [6, 6.07) is 8.19. The number of thiazole rings is 1. The highest BCUT2D eigenvalue weighted by atomic mass is 35.5. The zero-order valence-electron chi connectivity index (χ0n) is 10.4. The van der Waals surface area contributed by atoms with Gasteiger partial charge in [0.25, 0.3) is 0 Å². The summed E-state index contributed by atoms with van der Waals surface area (Å²) >= 11 is 8.79. The highest BCUT2D eigenvalue weighted by molar-refractivity contribution is 8.01. The lowest BCUT2D eigenvalue weighted by molar-refractivity contribution is 0.307. The van der Waals surface area contributed by atoms with Gasteiger partial charge in [-0.2, -0.15) is 15.0 Å². The van der Waals surface area contributed by atoms with Crippen molar-refractivity contribution in [1.82, 2.24) is 19.9 Å². The molecule has 0 bridgehead atoms. The van der Waals surface area contributed by atoms with Crippen molar-refractivity contribution in [3.8, 4) is 6.01 Å². The molecule has 2 aromatic heterocycles. The molecule has 0 N–H and O–H groups in total. The Labute approximate surface area is 128 Å². The fourth-order valence-corrected chi connectivity index (χ4v) is 3.64. The lowest BCUT2D eigenvalue weighted by Gasteiger charge is -2.02. The monoisotopic (exact) mass is 324 g/mol. The third-order valence-corrected chi connectivity index (χ3v) is 4.42. The summed E-state index contributed by atoms with van der Waals surface area (Å²) in [5.41, 5.74) is 0.963. The summed E-state index contributed by atoms with van der Waals surface area (Å²) in [6.45, 7) is 2.34. The number of ether oxygens (including phenoxy) is 1. The molecule has 0 unspecified atom stereocenters. The van der Waals surface area contributed by atoms with Crippen LogP contribution in [0.15, 0.2) is 33.8 Å². The summed E-state index contributed by atoms with van der Waals surface area (Å²) < 4.78 is 7.23. The van der Waals surface area contributed by atoms with Gasteiger partial charge in [-0.1, -0.05) is 12.1 Å². The van der Waals surface area contributed by atoms with Gasteiger partial charge in [0.1, 0.15) is 0 Å². The van der Waals surface area contributed by atoms with Crippen molar-refractivity contribution in [2.75, 3.05) is 6.61 Å². The Morgan fingerprint density at radius 2 is 2.05 bits per heavy atom. The maximum Gasteiger partial charge on any atom is 0.321 e. The van der Waals surface area contributed by atoms with Gasteiger partial charge in [-0.15, -0.1) is 11.3 Å². The van der Waals surface area contributed by atoms with Crippen molar-refractivity contribution in [3.63, 3.8) is 0 Å². The first kappa shape index (κ1) is 13.5.